The number of halogens is 1. The topological polar surface area (TPSA) is 128 Å². The van der Waals surface area contributed by atoms with Crippen LogP contribution >= 0.6 is 23.1 Å². The van der Waals surface area contributed by atoms with Gasteiger partial charge in [0.1, 0.15) is 23.4 Å². The number of furan rings is 1. The maximum atomic E-state index is 13.7. The van der Waals surface area contributed by atoms with Crippen LogP contribution in [-0.4, -0.2) is 40.1 Å². The van der Waals surface area contributed by atoms with Crippen molar-refractivity contribution < 1.29 is 32.7 Å². The SMILES string of the molecule is CCOC(=O)c1ccc(NC(=O)Cn2c3c(sc2=O)[C@@H](c2ccco2)[C@@H]2C(=O)N(c4ccc(F)cc4)C(=O)[C@@H]2S3)cc1. The largest absolute Gasteiger partial charge is 0.469 e. The number of carbonyl (C=O) groups is 4. The summed E-state index contributed by atoms with van der Waals surface area (Å²) < 4.78 is 25.5. The number of carbonyl (C=O) groups excluding carboxylic acids is 4. The molecule has 2 aliphatic rings. The number of anilines is 2. The summed E-state index contributed by atoms with van der Waals surface area (Å²) in [5.41, 5.74) is 0.991. The van der Waals surface area contributed by atoms with Gasteiger partial charge in [0.05, 0.1) is 45.9 Å². The Morgan fingerprint density at radius 2 is 1.76 bits per heavy atom. The zero-order chi connectivity index (χ0) is 29.5. The minimum Gasteiger partial charge on any atom is -0.469 e. The Hall–Kier alpha value is -4.49. The van der Waals surface area contributed by atoms with Gasteiger partial charge in [-0.3, -0.25) is 23.7 Å². The van der Waals surface area contributed by atoms with E-state index < -0.39 is 51.5 Å². The highest BCUT2D eigenvalue weighted by atomic mass is 32.2. The third-order valence-corrected chi connectivity index (χ3v) is 9.57. The molecule has 214 valence electrons. The first-order chi connectivity index (χ1) is 20.3. The van der Waals surface area contributed by atoms with Crippen LogP contribution in [0.1, 0.15) is 33.8 Å². The molecule has 13 heteroatoms. The van der Waals surface area contributed by atoms with E-state index in [2.05, 4.69) is 5.32 Å². The number of amides is 3. The van der Waals surface area contributed by atoms with Crippen LogP contribution in [0.5, 0.6) is 0 Å². The van der Waals surface area contributed by atoms with Gasteiger partial charge < -0.3 is 14.5 Å². The summed E-state index contributed by atoms with van der Waals surface area (Å²) in [5.74, 6) is -3.66. The van der Waals surface area contributed by atoms with Gasteiger partial charge in [0.25, 0.3) is 0 Å². The summed E-state index contributed by atoms with van der Waals surface area (Å²) in [6.07, 6.45) is 1.45. The Bertz CT molecular complexity index is 1750. The molecule has 4 aromatic rings. The Balaban J connectivity index is 1.30. The number of rotatable bonds is 7. The van der Waals surface area contributed by atoms with Crippen molar-refractivity contribution in [2.45, 2.75) is 29.7 Å². The van der Waals surface area contributed by atoms with Gasteiger partial charge in [-0.05, 0) is 67.6 Å². The molecule has 2 aliphatic heterocycles. The summed E-state index contributed by atoms with van der Waals surface area (Å²) in [7, 11) is 0. The smallest absolute Gasteiger partial charge is 0.338 e. The average Bonchev–Trinajstić information content (AvgIpc) is 3.67. The van der Waals surface area contributed by atoms with Gasteiger partial charge in [-0.2, -0.15) is 0 Å². The third-order valence-electron chi connectivity index (χ3n) is 6.97. The molecule has 3 amide bonds. The summed E-state index contributed by atoms with van der Waals surface area (Å²) in [4.78, 5) is 66.6. The van der Waals surface area contributed by atoms with Crippen molar-refractivity contribution in [2.75, 3.05) is 16.8 Å². The number of hydrogen-bond donors (Lipinski definition) is 1. The molecule has 1 N–H and O–H groups in total. The highest BCUT2D eigenvalue weighted by Gasteiger charge is 2.57. The molecule has 1 fully saturated rings. The lowest BCUT2D eigenvalue weighted by Gasteiger charge is -2.29. The van der Waals surface area contributed by atoms with E-state index in [1.54, 1.807) is 31.2 Å². The van der Waals surface area contributed by atoms with Crippen molar-refractivity contribution in [1.29, 1.82) is 0 Å². The van der Waals surface area contributed by atoms with Gasteiger partial charge in [-0.15, -0.1) is 0 Å². The van der Waals surface area contributed by atoms with Crippen LogP contribution in [0.2, 0.25) is 0 Å². The maximum Gasteiger partial charge on any atom is 0.338 e. The number of fused-ring (bicyclic) bond motifs is 2. The predicted molar refractivity (Wildman–Crippen MR) is 152 cm³/mol. The van der Waals surface area contributed by atoms with Crippen molar-refractivity contribution in [3.8, 4) is 0 Å². The molecule has 0 saturated carbocycles. The Kier molecular flexibility index (Phi) is 7.29. The number of nitrogens with zero attached hydrogens (tertiary/aromatic N) is 2. The molecule has 0 aliphatic carbocycles. The molecule has 0 unspecified atom stereocenters. The number of aromatic nitrogens is 1. The summed E-state index contributed by atoms with van der Waals surface area (Å²) in [6.45, 7) is 1.60. The van der Waals surface area contributed by atoms with Crippen molar-refractivity contribution >= 4 is 58.2 Å². The van der Waals surface area contributed by atoms with Gasteiger partial charge in [0.2, 0.25) is 17.7 Å². The number of ether oxygens (including phenoxy) is 1. The molecule has 0 radical (unpaired) electrons. The maximum absolute atomic E-state index is 13.7. The first-order valence-electron chi connectivity index (χ1n) is 12.9. The molecular weight excluding hydrogens is 585 g/mol. The number of hydrogen-bond acceptors (Lipinski definition) is 9. The summed E-state index contributed by atoms with van der Waals surface area (Å²) in [5, 5.41) is 2.22. The van der Waals surface area contributed by atoms with Crippen LogP contribution in [0.3, 0.4) is 0 Å². The van der Waals surface area contributed by atoms with Gasteiger partial charge in [-0.1, -0.05) is 23.1 Å². The quantitative estimate of drug-likeness (QED) is 0.244. The van der Waals surface area contributed by atoms with Gasteiger partial charge >= 0.3 is 10.8 Å². The van der Waals surface area contributed by atoms with E-state index >= 15 is 0 Å². The zero-order valence-corrected chi connectivity index (χ0v) is 23.6. The molecule has 6 rings (SSSR count). The van der Waals surface area contributed by atoms with Crippen molar-refractivity contribution in [1.82, 2.24) is 4.57 Å². The van der Waals surface area contributed by atoms with Gasteiger partial charge in [0, 0.05) is 5.69 Å². The lowest BCUT2D eigenvalue weighted by Crippen LogP contribution is -2.32. The Labute approximate surface area is 246 Å². The van der Waals surface area contributed by atoms with Gasteiger partial charge in [0.15, 0.2) is 0 Å². The third kappa shape index (κ3) is 4.84. The van der Waals surface area contributed by atoms with E-state index in [9.17, 15) is 28.4 Å². The fraction of sp³-hybridized carbons (Fsp3) is 0.207. The minimum atomic E-state index is -0.899. The highest BCUT2D eigenvalue weighted by molar-refractivity contribution is 8.00. The molecule has 3 atom stereocenters. The van der Waals surface area contributed by atoms with Crippen LogP contribution in [0.25, 0.3) is 0 Å². The number of benzene rings is 2. The van der Waals surface area contributed by atoms with Crippen LogP contribution in [0, 0.1) is 11.7 Å². The summed E-state index contributed by atoms with van der Waals surface area (Å²) >= 11 is 1.96. The van der Waals surface area contributed by atoms with Crippen molar-refractivity contribution in [3.05, 3.63) is 98.6 Å². The van der Waals surface area contributed by atoms with Crippen molar-refractivity contribution in [3.63, 3.8) is 0 Å². The second kappa shape index (κ2) is 11.1. The first-order valence-corrected chi connectivity index (χ1v) is 14.6. The Morgan fingerprint density at radius 1 is 1.02 bits per heavy atom. The molecule has 0 bridgehead atoms. The summed E-state index contributed by atoms with van der Waals surface area (Å²) in [6, 6.07) is 14.6. The first kappa shape index (κ1) is 27.7. The second-order valence-electron chi connectivity index (χ2n) is 9.52. The number of esters is 1. The van der Waals surface area contributed by atoms with E-state index in [0.29, 0.717) is 26.9 Å². The number of imide groups is 1. The van der Waals surface area contributed by atoms with Crippen molar-refractivity contribution in [2.24, 2.45) is 5.92 Å². The van der Waals surface area contributed by atoms with Crippen LogP contribution in [0.4, 0.5) is 15.8 Å². The molecular formula is C29H22FN3O7S2. The van der Waals surface area contributed by atoms with E-state index in [1.807, 2.05) is 0 Å². The number of thiazole rings is 1. The molecule has 10 nitrogen and oxygen atoms in total. The fourth-order valence-electron chi connectivity index (χ4n) is 5.12. The zero-order valence-electron chi connectivity index (χ0n) is 21.9. The predicted octanol–water partition coefficient (Wildman–Crippen LogP) is 4.25. The standard InChI is InChI=1S/C29H22FN3O7S2/c1-2-39-28(37)15-5-9-17(10-6-15)31-20(34)14-32-27-24(42-29(32)38)21(19-4-3-13-40-19)22-23(41-27)26(36)33(25(22)35)18-11-7-16(30)8-12-18/h3-13,21-23H,2,14H2,1H3,(H,31,34)/t21-,22-,23+/m0/s1. The minimum absolute atomic E-state index is 0.238. The number of thioether (sulfide) groups is 1. The van der Waals surface area contributed by atoms with E-state index in [-0.39, 0.29) is 18.8 Å². The molecule has 2 aromatic heterocycles. The number of nitrogens with one attached hydrogen (secondary N) is 1. The lowest BCUT2D eigenvalue weighted by atomic mass is 9.87. The fourth-order valence-corrected chi connectivity index (χ4v) is 7.88. The van der Waals surface area contributed by atoms with Crippen LogP contribution in [0.15, 0.2) is 81.2 Å². The molecule has 42 heavy (non-hydrogen) atoms. The highest BCUT2D eigenvalue weighted by Crippen LogP contribution is 2.53. The van der Waals surface area contributed by atoms with E-state index in [0.717, 1.165) is 28.0 Å². The molecule has 1 saturated heterocycles. The van der Waals surface area contributed by atoms with E-state index in [1.165, 1.54) is 47.2 Å². The van der Waals surface area contributed by atoms with Crippen LogP contribution in [-0.2, 0) is 25.7 Å². The molecule has 4 heterocycles. The Morgan fingerprint density at radius 3 is 2.43 bits per heavy atom. The van der Waals surface area contributed by atoms with Crippen LogP contribution < -0.4 is 15.1 Å². The second-order valence-corrected chi connectivity index (χ2v) is 11.6. The average molecular weight is 608 g/mol. The monoisotopic (exact) mass is 607 g/mol. The van der Waals surface area contributed by atoms with E-state index in [4.69, 9.17) is 9.15 Å². The lowest BCUT2D eigenvalue weighted by molar-refractivity contribution is -0.122. The van der Waals surface area contributed by atoms with Gasteiger partial charge in [-0.25, -0.2) is 14.1 Å². The molecule has 2 aromatic carbocycles. The normalized spacial score (nSPS) is 19.4. The molecule has 0 spiro atoms.